The van der Waals surface area contributed by atoms with Gasteiger partial charge in [0, 0.05) is 5.69 Å². The number of hydrogen-bond donors (Lipinski definition) is 1. The number of nitrogens with two attached hydrogens (primary N) is 1. The largest absolute Gasteiger partial charge is 0.444 e. The Bertz CT molecular complexity index is 465. The number of aryl methyl sites for hydroxylation is 1. The second kappa shape index (κ2) is 3.35. The molecule has 14 heavy (non-hydrogen) atoms. The fourth-order valence-corrected chi connectivity index (χ4v) is 1.45. The Morgan fingerprint density at radius 1 is 1.43 bits per heavy atom. The smallest absolute Gasteiger partial charge is 0.227 e. The average Bonchev–Trinajstić information content (AvgIpc) is 2.51. The van der Waals surface area contributed by atoms with Gasteiger partial charge in [-0.3, -0.25) is 0 Å². The number of aromatic nitrogens is 1. The minimum Gasteiger partial charge on any atom is -0.444 e. The van der Waals surface area contributed by atoms with Crippen LogP contribution >= 0.6 is 11.6 Å². The molecule has 0 unspecified atom stereocenters. The third kappa shape index (κ3) is 1.59. The van der Waals surface area contributed by atoms with Crippen molar-refractivity contribution in [1.82, 2.24) is 4.98 Å². The zero-order valence-electron chi connectivity index (χ0n) is 7.62. The topological polar surface area (TPSA) is 52.0 Å². The molecule has 0 aliphatic rings. The van der Waals surface area contributed by atoms with Crippen LogP contribution in [0.5, 0.6) is 0 Å². The molecule has 1 aromatic carbocycles. The standard InChI is InChI=1S/C10H9ClN2O/c1-6-5-14-10(13-6)8-3-2-7(12)4-9(8)11/h2-5H,12H2,1H3. The van der Waals surface area contributed by atoms with Crippen molar-refractivity contribution < 1.29 is 4.42 Å². The SMILES string of the molecule is Cc1coc(-c2ccc(N)cc2Cl)n1. The van der Waals surface area contributed by atoms with Crippen LogP contribution in [0.25, 0.3) is 11.5 Å². The molecule has 2 N–H and O–H groups in total. The van der Waals surface area contributed by atoms with Crippen molar-refractivity contribution in [3.8, 4) is 11.5 Å². The fraction of sp³-hybridized carbons (Fsp3) is 0.100. The van der Waals surface area contributed by atoms with Crippen LogP contribution in [0.4, 0.5) is 5.69 Å². The molecule has 0 aliphatic heterocycles. The summed E-state index contributed by atoms with van der Waals surface area (Å²) < 4.78 is 5.23. The average molecular weight is 209 g/mol. The number of hydrogen-bond acceptors (Lipinski definition) is 3. The first-order valence-electron chi connectivity index (χ1n) is 4.14. The van der Waals surface area contributed by atoms with Crippen LogP contribution in [0.3, 0.4) is 0 Å². The van der Waals surface area contributed by atoms with Crippen molar-refractivity contribution in [2.45, 2.75) is 6.92 Å². The normalized spacial score (nSPS) is 10.4. The summed E-state index contributed by atoms with van der Waals surface area (Å²) in [4.78, 5) is 4.18. The first kappa shape index (κ1) is 9.09. The van der Waals surface area contributed by atoms with Crippen LogP contribution < -0.4 is 5.73 Å². The van der Waals surface area contributed by atoms with Crippen LogP contribution in [-0.4, -0.2) is 4.98 Å². The lowest BCUT2D eigenvalue weighted by Gasteiger charge is -1.99. The van der Waals surface area contributed by atoms with E-state index in [9.17, 15) is 0 Å². The van der Waals surface area contributed by atoms with Crippen molar-refractivity contribution in [1.29, 1.82) is 0 Å². The third-order valence-electron chi connectivity index (χ3n) is 1.84. The van der Waals surface area contributed by atoms with Gasteiger partial charge >= 0.3 is 0 Å². The zero-order chi connectivity index (χ0) is 10.1. The van der Waals surface area contributed by atoms with Gasteiger partial charge in [-0.2, -0.15) is 0 Å². The highest BCUT2D eigenvalue weighted by Gasteiger charge is 2.08. The molecular formula is C10H9ClN2O. The molecule has 2 rings (SSSR count). The van der Waals surface area contributed by atoms with E-state index in [0.29, 0.717) is 16.6 Å². The number of rotatable bonds is 1. The van der Waals surface area contributed by atoms with Crippen LogP contribution in [0.1, 0.15) is 5.69 Å². The Balaban J connectivity index is 2.52. The van der Waals surface area contributed by atoms with Crippen molar-refractivity contribution >= 4 is 17.3 Å². The van der Waals surface area contributed by atoms with E-state index < -0.39 is 0 Å². The maximum Gasteiger partial charge on any atom is 0.227 e. The van der Waals surface area contributed by atoms with Crippen LogP contribution in [0.2, 0.25) is 5.02 Å². The monoisotopic (exact) mass is 208 g/mol. The van der Waals surface area contributed by atoms with Crippen LogP contribution in [0, 0.1) is 6.92 Å². The molecule has 0 saturated heterocycles. The lowest BCUT2D eigenvalue weighted by Crippen LogP contribution is -1.86. The Morgan fingerprint density at radius 3 is 2.79 bits per heavy atom. The van der Waals surface area contributed by atoms with Gasteiger partial charge in [0.2, 0.25) is 5.89 Å². The Hall–Kier alpha value is -1.48. The molecule has 72 valence electrons. The predicted octanol–water partition coefficient (Wildman–Crippen LogP) is 2.89. The molecule has 1 aromatic heterocycles. The van der Waals surface area contributed by atoms with Crippen molar-refractivity contribution in [2.75, 3.05) is 5.73 Å². The van der Waals surface area contributed by atoms with Crippen molar-refractivity contribution in [3.63, 3.8) is 0 Å². The lowest BCUT2D eigenvalue weighted by atomic mass is 10.2. The maximum atomic E-state index is 5.99. The summed E-state index contributed by atoms with van der Waals surface area (Å²) in [7, 11) is 0. The van der Waals surface area contributed by atoms with Gasteiger partial charge in [-0.05, 0) is 25.1 Å². The molecular weight excluding hydrogens is 200 g/mol. The van der Waals surface area contributed by atoms with E-state index in [-0.39, 0.29) is 0 Å². The first-order chi connectivity index (χ1) is 6.66. The van der Waals surface area contributed by atoms with E-state index in [0.717, 1.165) is 11.3 Å². The van der Waals surface area contributed by atoms with Crippen molar-refractivity contribution in [3.05, 3.63) is 35.2 Å². The van der Waals surface area contributed by atoms with Gasteiger partial charge in [0.25, 0.3) is 0 Å². The molecule has 1 heterocycles. The van der Waals surface area contributed by atoms with Gasteiger partial charge in [0.15, 0.2) is 0 Å². The quantitative estimate of drug-likeness (QED) is 0.734. The molecule has 3 nitrogen and oxygen atoms in total. The van der Waals surface area contributed by atoms with Crippen LogP contribution in [0.15, 0.2) is 28.9 Å². The summed E-state index contributed by atoms with van der Waals surface area (Å²) in [5, 5.41) is 0.548. The van der Waals surface area contributed by atoms with E-state index in [1.54, 1.807) is 24.5 Å². The second-order valence-electron chi connectivity index (χ2n) is 3.03. The van der Waals surface area contributed by atoms with Gasteiger partial charge < -0.3 is 10.2 Å². The highest BCUT2D eigenvalue weighted by molar-refractivity contribution is 6.33. The highest BCUT2D eigenvalue weighted by Crippen LogP contribution is 2.28. The molecule has 0 fully saturated rings. The third-order valence-corrected chi connectivity index (χ3v) is 2.16. The molecule has 2 aromatic rings. The maximum absolute atomic E-state index is 5.99. The molecule has 0 aliphatic carbocycles. The fourth-order valence-electron chi connectivity index (χ4n) is 1.18. The van der Waals surface area contributed by atoms with Crippen LogP contribution in [-0.2, 0) is 0 Å². The minimum atomic E-state index is 0.521. The molecule has 0 bridgehead atoms. The zero-order valence-corrected chi connectivity index (χ0v) is 8.38. The van der Waals surface area contributed by atoms with Crippen molar-refractivity contribution in [2.24, 2.45) is 0 Å². The van der Waals surface area contributed by atoms with Gasteiger partial charge in [-0.15, -0.1) is 0 Å². The molecule has 0 amide bonds. The van der Waals surface area contributed by atoms with Gasteiger partial charge in [-0.25, -0.2) is 4.98 Å². The Morgan fingerprint density at radius 2 is 2.21 bits per heavy atom. The number of benzene rings is 1. The molecule has 0 spiro atoms. The summed E-state index contributed by atoms with van der Waals surface area (Å²) in [6.45, 7) is 1.86. The predicted molar refractivity (Wildman–Crippen MR) is 56.1 cm³/mol. The van der Waals surface area contributed by atoms with E-state index in [2.05, 4.69) is 4.98 Å². The summed E-state index contributed by atoms with van der Waals surface area (Å²) >= 11 is 5.99. The molecule has 0 saturated carbocycles. The lowest BCUT2D eigenvalue weighted by molar-refractivity contribution is 0.573. The Labute approximate surface area is 86.5 Å². The number of oxazole rings is 1. The summed E-state index contributed by atoms with van der Waals surface area (Å²) in [5.74, 6) is 0.521. The van der Waals surface area contributed by atoms with E-state index in [1.165, 1.54) is 0 Å². The highest BCUT2D eigenvalue weighted by atomic mass is 35.5. The Kier molecular flexibility index (Phi) is 2.17. The first-order valence-corrected chi connectivity index (χ1v) is 4.52. The number of anilines is 1. The molecule has 0 atom stereocenters. The van der Waals surface area contributed by atoms with Gasteiger partial charge in [0.1, 0.15) is 6.26 Å². The molecule has 4 heteroatoms. The molecule has 0 radical (unpaired) electrons. The number of nitrogen functional groups attached to an aromatic ring is 1. The summed E-state index contributed by atoms with van der Waals surface area (Å²) in [5.41, 5.74) is 7.79. The van der Waals surface area contributed by atoms with Gasteiger partial charge in [0.05, 0.1) is 16.3 Å². The number of nitrogens with zero attached hydrogens (tertiary/aromatic N) is 1. The van der Waals surface area contributed by atoms with E-state index in [1.807, 2.05) is 6.92 Å². The summed E-state index contributed by atoms with van der Waals surface area (Å²) in [6.07, 6.45) is 1.59. The number of halogens is 1. The van der Waals surface area contributed by atoms with E-state index >= 15 is 0 Å². The summed E-state index contributed by atoms with van der Waals surface area (Å²) in [6, 6.07) is 5.24. The minimum absolute atomic E-state index is 0.521. The van der Waals surface area contributed by atoms with E-state index in [4.69, 9.17) is 21.8 Å². The van der Waals surface area contributed by atoms with Gasteiger partial charge in [-0.1, -0.05) is 11.6 Å². The second-order valence-corrected chi connectivity index (χ2v) is 3.44.